The molecule has 0 radical (unpaired) electrons. The van der Waals surface area contributed by atoms with Gasteiger partial charge in [-0.1, -0.05) is 6.07 Å². The molecule has 0 aliphatic rings. The lowest BCUT2D eigenvalue weighted by Crippen LogP contribution is -2.01. The zero-order valence-electron chi connectivity index (χ0n) is 7.83. The molecule has 1 rings (SSSR count). The van der Waals surface area contributed by atoms with Crippen molar-refractivity contribution in [3.05, 3.63) is 29.8 Å². The lowest BCUT2D eigenvalue weighted by molar-refractivity contribution is 0.339. The Morgan fingerprint density at radius 3 is 2.85 bits per heavy atom. The van der Waals surface area contributed by atoms with Crippen LogP contribution in [0.25, 0.3) is 0 Å². The van der Waals surface area contributed by atoms with Crippen molar-refractivity contribution in [2.75, 3.05) is 13.7 Å². The van der Waals surface area contributed by atoms with Crippen molar-refractivity contribution >= 4 is 5.90 Å². The minimum absolute atomic E-state index is 0.154. The van der Waals surface area contributed by atoms with E-state index < -0.39 is 0 Å². The lowest BCUT2D eigenvalue weighted by Gasteiger charge is -2.05. The monoisotopic (exact) mass is 179 g/mol. The van der Waals surface area contributed by atoms with Crippen LogP contribution in [0.5, 0.6) is 5.75 Å². The van der Waals surface area contributed by atoms with E-state index in [9.17, 15) is 0 Å². The van der Waals surface area contributed by atoms with Crippen LogP contribution in [0.4, 0.5) is 0 Å². The first-order chi connectivity index (χ1) is 6.27. The zero-order valence-corrected chi connectivity index (χ0v) is 7.83. The summed E-state index contributed by atoms with van der Waals surface area (Å²) in [6, 6.07) is 7.30. The minimum Gasteiger partial charge on any atom is -0.494 e. The number of benzene rings is 1. The molecule has 3 heteroatoms. The average molecular weight is 179 g/mol. The first-order valence-electron chi connectivity index (χ1n) is 4.13. The molecule has 1 N–H and O–H groups in total. The zero-order chi connectivity index (χ0) is 9.68. The van der Waals surface area contributed by atoms with Gasteiger partial charge in [0.1, 0.15) is 5.75 Å². The molecule has 0 atom stereocenters. The summed E-state index contributed by atoms with van der Waals surface area (Å²) in [5, 5.41) is 7.43. The quantitative estimate of drug-likeness (QED) is 0.570. The van der Waals surface area contributed by atoms with E-state index in [2.05, 4.69) is 0 Å². The molecule has 0 saturated carbocycles. The molecule has 0 heterocycles. The second-order valence-electron chi connectivity index (χ2n) is 2.49. The summed E-state index contributed by atoms with van der Waals surface area (Å²) in [4.78, 5) is 0. The highest BCUT2D eigenvalue weighted by Crippen LogP contribution is 2.13. The summed E-state index contributed by atoms with van der Waals surface area (Å²) < 4.78 is 10.1. The summed E-state index contributed by atoms with van der Waals surface area (Å²) in [5.74, 6) is 0.920. The maximum atomic E-state index is 7.43. The van der Waals surface area contributed by atoms with Crippen molar-refractivity contribution in [2.45, 2.75) is 6.92 Å². The number of rotatable bonds is 3. The molecule has 1 aromatic rings. The van der Waals surface area contributed by atoms with Crippen molar-refractivity contribution in [1.82, 2.24) is 0 Å². The fourth-order valence-electron chi connectivity index (χ4n) is 1.01. The van der Waals surface area contributed by atoms with E-state index in [1.165, 1.54) is 7.11 Å². The highest BCUT2D eigenvalue weighted by atomic mass is 16.5. The topological polar surface area (TPSA) is 42.3 Å². The minimum atomic E-state index is 0.154. The summed E-state index contributed by atoms with van der Waals surface area (Å²) >= 11 is 0. The molecule has 3 nitrogen and oxygen atoms in total. The van der Waals surface area contributed by atoms with Crippen LogP contribution in [0.15, 0.2) is 24.3 Å². The number of hydrogen-bond acceptors (Lipinski definition) is 3. The Balaban J connectivity index is 2.85. The molecular weight excluding hydrogens is 166 g/mol. The first kappa shape index (κ1) is 9.58. The molecule has 0 spiro atoms. The summed E-state index contributed by atoms with van der Waals surface area (Å²) in [5.41, 5.74) is 0.730. The maximum Gasteiger partial charge on any atom is 0.213 e. The van der Waals surface area contributed by atoms with Gasteiger partial charge in [-0.2, -0.15) is 0 Å². The highest BCUT2D eigenvalue weighted by Gasteiger charge is 2.01. The third-order valence-electron chi connectivity index (χ3n) is 1.61. The molecule has 0 aromatic heterocycles. The largest absolute Gasteiger partial charge is 0.494 e. The third-order valence-corrected chi connectivity index (χ3v) is 1.61. The molecule has 0 fully saturated rings. The standard InChI is InChI=1S/C10H13NO2/c1-3-13-9-6-4-5-8(7-9)10(11)12-2/h4-7,11H,3H2,1-2H3. The van der Waals surface area contributed by atoms with E-state index in [4.69, 9.17) is 14.9 Å². The predicted molar refractivity (Wildman–Crippen MR) is 51.4 cm³/mol. The normalized spacial score (nSPS) is 9.38. The van der Waals surface area contributed by atoms with Gasteiger partial charge in [0, 0.05) is 5.56 Å². The van der Waals surface area contributed by atoms with E-state index >= 15 is 0 Å². The van der Waals surface area contributed by atoms with Gasteiger partial charge in [-0.25, -0.2) is 0 Å². The number of nitrogens with one attached hydrogen (secondary N) is 1. The van der Waals surface area contributed by atoms with E-state index in [0.717, 1.165) is 11.3 Å². The SMILES string of the molecule is CCOc1cccc(C(=N)OC)c1. The molecular formula is C10H13NO2. The Morgan fingerprint density at radius 1 is 1.46 bits per heavy atom. The highest BCUT2D eigenvalue weighted by molar-refractivity contribution is 5.91. The summed E-state index contributed by atoms with van der Waals surface area (Å²) in [7, 11) is 1.48. The third kappa shape index (κ3) is 2.47. The van der Waals surface area contributed by atoms with Crippen molar-refractivity contribution in [3.8, 4) is 5.75 Å². The van der Waals surface area contributed by atoms with E-state index in [-0.39, 0.29) is 5.90 Å². The predicted octanol–water partition coefficient (Wildman–Crippen LogP) is 2.06. The van der Waals surface area contributed by atoms with Gasteiger partial charge < -0.3 is 9.47 Å². The summed E-state index contributed by atoms with van der Waals surface area (Å²) in [6.07, 6.45) is 0. The van der Waals surface area contributed by atoms with Crippen LogP contribution in [0, 0.1) is 5.41 Å². The Labute approximate surface area is 77.8 Å². The molecule has 0 aliphatic heterocycles. The Bertz CT molecular complexity index is 297. The second-order valence-corrected chi connectivity index (χ2v) is 2.49. The van der Waals surface area contributed by atoms with Gasteiger partial charge in [0.25, 0.3) is 0 Å². The van der Waals surface area contributed by atoms with Crippen LogP contribution in [0.3, 0.4) is 0 Å². The Morgan fingerprint density at radius 2 is 2.23 bits per heavy atom. The van der Waals surface area contributed by atoms with Crippen LogP contribution in [0.2, 0.25) is 0 Å². The van der Waals surface area contributed by atoms with Gasteiger partial charge in [0.15, 0.2) is 0 Å². The number of methoxy groups -OCH3 is 1. The van der Waals surface area contributed by atoms with Crippen LogP contribution in [-0.4, -0.2) is 19.6 Å². The van der Waals surface area contributed by atoms with Gasteiger partial charge in [-0.05, 0) is 25.1 Å². The molecule has 1 aromatic carbocycles. The number of ether oxygens (including phenoxy) is 2. The van der Waals surface area contributed by atoms with Crippen molar-refractivity contribution < 1.29 is 9.47 Å². The van der Waals surface area contributed by atoms with Crippen LogP contribution < -0.4 is 4.74 Å². The van der Waals surface area contributed by atoms with Gasteiger partial charge in [-0.3, -0.25) is 5.41 Å². The first-order valence-corrected chi connectivity index (χ1v) is 4.13. The maximum absolute atomic E-state index is 7.43. The number of hydrogen-bond donors (Lipinski definition) is 1. The second kappa shape index (κ2) is 4.50. The fourth-order valence-corrected chi connectivity index (χ4v) is 1.01. The molecule has 13 heavy (non-hydrogen) atoms. The van der Waals surface area contributed by atoms with Gasteiger partial charge in [0.2, 0.25) is 5.90 Å². The smallest absolute Gasteiger partial charge is 0.213 e. The molecule has 0 unspecified atom stereocenters. The van der Waals surface area contributed by atoms with E-state index in [0.29, 0.717) is 6.61 Å². The Hall–Kier alpha value is -1.51. The molecule has 0 aliphatic carbocycles. The fraction of sp³-hybridized carbons (Fsp3) is 0.300. The van der Waals surface area contributed by atoms with E-state index in [1.54, 1.807) is 6.07 Å². The molecule has 0 bridgehead atoms. The molecule has 70 valence electrons. The average Bonchev–Trinajstić information content (AvgIpc) is 2.18. The Kier molecular flexibility index (Phi) is 3.31. The lowest BCUT2D eigenvalue weighted by atomic mass is 10.2. The van der Waals surface area contributed by atoms with Gasteiger partial charge >= 0.3 is 0 Å². The van der Waals surface area contributed by atoms with Gasteiger partial charge in [-0.15, -0.1) is 0 Å². The van der Waals surface area contributed by atoms with Gasteiger partial charge in [0.05, 0.1) is 13.7 Å². The van der Waals surface area contributed by atoms with Crippen LogP contribution >= 0.6 is 0 Å². The van der Waals surface area contributed by atoms with Crippen LogP contribution in [0.1, 0.15) is 12.5 Å². The van der Waals surface area contributed by atoms with E-state index in [1.807, 2.05) is 25.1 Å². The van der Waals surface area contributed by atoms with Crippen molar-refractivity contribution in [3.63, 3.8) is 0 Å². The van der Waals surface area contributed by atoms with Crippen molar-refractivity contribution in [1.29, 1.82) is 5.41 Å². The van der Waals surface area contributed by atoms with Crippen LogP contribution in [-0.2, 0) is 4.74 Å². The molecule has 0 amide bonds. The van der Waals surface area contributed by atoms with Crippen molar-refractivity contribution in [2.24, 2.45) is 0 Å². The summed E-state index contributed by atoms with van der Waals surface area (Å²) in [6.45, 7) is 2.55. The molecule has 0 saturated heterocycles.